The summed E-state index contributed by atoms with van der Waals surface area (Å²) in [5.74, 6) is -0.224. The summed E-state index contributed by atoms with van der Waals surface area (Å²) in [4.78, 5) is 12.0. The highest BCUT2D eigenvalue weighted by Crippen LogP contribution is 2.16. The van der Waals surface area contributed by atoms with E-state index < -0.39 is 6.04 Å². The molecule has 22 heavy (non-hydrogen) atoms. The summed E-state index contributed by atoms with van der Waals surface area (Å²) in [6.45, 7) is 1.77. The molecule has 4 nitrogen and oxygen atoms in total. The average Bonchev–Trinajstić information content (AvgIpc) is 2.47. The SMILES string of the molecule is C[C@@H](Nc1cccc(Br)c1)C(=O)NN=Cc1cccc(Cl)c1. The molecule has 0 unspecified atom stereocenters. The van der Waals surface area contributed by atoms with Crippen molar-refractivity contribution in [2.45, 2.75) is 13.0 Å². The van der Waals surface area contributed by atoms with Gasteiger partial charge < -0.3 is 5.32 Å². The van der Waals surface area contributed by atoms with Crippen molar-refractivity contribution in [3.63, 3.8) is 0 Å². The molecule has 1 amide bonds. The molecule has 2 rings (SSSR count). The van der Waals surface area contributed by atoms with Crippen molar-refractivity contribution in [1.29, 1.82) is 0 Å². The lowest BCUT2D eigenvalue weighted by molar-refractivity contribution is -0.121. The third-order valence-corrected chi connectivity index (χ3v) is 3.57. The molecular formula is C16H15BrClN3O. The monoisotopic (exact) mass is 379 g/mol. The lowest BCUT2D eigenvalue weighted by Crippen LogP contribution is -2.34. The van der Waals surface area contributed by atoms with Crippen LogP contribution in [0.3, 0.4) is 0 Å². The summed E-state index contributed by atoms with van der Waals surface area (Å²) in [5.41, 5.74) is 4.18. The first-order valence-electron chi connectivity index (χ1n) is 6.65. The summed E-state index contributed by atoms with van der Waals surface area (Å²) in [7, 11) is 0. The van der Waals surface area contributed by atoms with Gasteiger partial charge in [-0.3, -0.25) is 4.79 Å². The predicted octanol–water partition coefficient (Wildman–Crippen LogP) is 4.05. The van der Waals surface area contributed by atoms with Crippen LogP contribution in [-0.2, 0) is 4.79 Å². The van der Waals surface area contributed by atoms with E-state index in [4.69, 9.17) is 11.6 Å². The molecule has 0 radical (unpaired) electrons. The van der Waals surface area contributed by atoms with Gasteiger partial charge >= 0.3 is 0 Å². The van der Waals surface area contributed by atoms with Crippen molar-refractivity contribution < 1.29 is 4.79 Å². The second-order valence-electron chi connectivity index (χ2n) is 4.67. The number of hydrogen-bond donors (Lipinski definition) is 2. The molecule has 0 aliphatic rings. The first kappa shape index (κ1) is 16.5. The van der Waals surface area contributed by atoms with Gasteiger partial charge in [-0.15, -0.1) is 0 Å². The molecule has 6 heteroatoms. The molecule has 1 atom stereocenters. The maximum atomic E-state index is 12.0. The largest absolute Gasteiger partial charge is 0.374 e. The van der Waals surface area contributed by atoms with E-state index in [-0.39, 0.29) is 5.91 Å². The summed E-state index contributed by atoms with van der Waals surface area (Å²) < 4.78 is 0.948. The number of halogens is 2. The number of nitrogens with zero attached hydrogens (tertiary/aromatic N) is 1. The summed E-state index contributed by atoms with van der Waals surface area (Å²) in [5, 5.41) is 7.66. The molecule has 0 heterocycles. The molecule has 0 aromatic heterocycles. The van der Waals surface area contributed by atoms with Gasteiger partial charge in [0.25, 0.3) is 5.91 Å². The Morgan fingerprint density at radius 3 is 2.77 bits per heavy atom. The first-order valence-corrected chi connectivity index (χ1v) is 7.82. The van der Waals surface area contributed by atoms with E-state index in [1.807, 2.05) is 36.4 Å². The van der Waals surface area contributed by atoms with Gasteiger partial charge in [0, 0.05) is 15.2 Å². The van der Waals surface area contributed by atoms with Gasteiger partial charge in [-0.2, -0.15) is 5.10 Å². The number of nitrogens with one attached hydrogen (secondary N) is 2. The number of benzene rings is 2. The number of hydrazone groups is 1. The number of amides is 1. The summed E-state index contributed by atoms with van der Waals surface area (Å²) in [6.07, 6.45) is 1.55. The van der Waals surface area contributed by atoms with Crippen LogP contribution in [0.25, 0.3) is 0 Å². The topological polar surface area (TPSA) is 53.5 Å². The Kier molecular flexibility index (Phi) is 5.98. The second-order valence-corrected chi connectivity index (χ2v) is 6.02. The van der Waals surface area contributed by atoms with Gasteiger partial charge in [-0.1, -0.05) is 45.7 Å². The molecule has 0 saturated heterocycles. The Bertz CT molecular complexity index is 691. The van der Waals surface area contributed by atoms with Gasteiger partial charge in [0.1, 0.15) is 6.04 Å². The van der Waals surface area contributed by atoms with E-state index in [1.54, 1.807) is 25.3 Å². The highest BCUT2D eigenvalue weighted by Gasteiger charge is 2.11. The highest BCUT2D eigenvalue weighted by atomic mass is 79.9. The van der Waals surface area contributed by atoms with Crippen LogP contribution in [0.1, 0.15) is 12.5 Å². The zero-order valence-corrected chi connectivity index (χ0v) is 14.2. The second kappa shape index (κ2) is 7.96. The minimum Gasteiger partial charge on any atom is -0.374 e. The molecule has 0 bridgehead atoms. The van der Waals surface area contributed by atoms with Crippen LogP contribution < -0.4 is 10.7 Å². The maximum absolute atomic E-state index is 12.0. The van der Waals surface area contributed by atoms with Crippen LogP contribution in [0.4, 0.5) is 5.69 Å². The third kappa shape index (κ3) is 5.16. The van der Waals surface area contributed by atoms with Crippen LogP contribution >= 0.6 is 27.5 Å². The van der Waals surface area contributed by atoms with Gasteiger partial charge in [0.2, 0.25) is 0 Å². The molecule has 0 fully saturated rings. The number of rotatable bonds is 5. The van der Waals surface area contributed by atoms with Gasteiger partial charge in [-0.25, -0.2) is 5.43 Å². The van der Waals surface area contributed by atoms with Crippen molar-refractivity contribution >= 4 is 45.3 Å². The Morgan fingerprint density at radius 1 is 1.27 bits per heavy atom. The zero-order valence-electron chi connectivity index (χ0n) is 11.9. The van der Waals surface area contributed by atoms with Gasteiger partial charge in [-0.05, 0) is 42.8 Å². The van der Waals surface area contributed by atoms with E-state index in [1.165, 1.54) is 0 Å². The Balaban J connectivity index is 1.89. The van der Waals surface area contributed by atoms with Crippen LogP contribution in [0.15, 0.2) is 58.1 Å². The Hall–Kier alpha value is -1.85. The van der Waals surface area contributed by atoms with Crippen molar-refractivity contribution in [3.05, 3.63) is 63.6 Å². The van der Waals surface area contributed by atoms with Crippen molar-refractivity contribution in [2.24, 2.45) is 5.10 Å². The van der Waals surface area contributed by atoms with E-state index in [9.17, 15) is 4.79 Å². The standard InChI is InChI=1S/C16H15BrClN3O/c1-11(20-15-7-3-5-13(17)9-15)16(22)21-19-10-12-4-2-6-14(18)8-12/h2-11,20H,1H3,(H,21,22)/t11-/m1/s1. The molecule has 114 valence electrons. The fraction of sp³-hybridized carbons (Fsp3) is 0.125. The van der Waals surface area contributed by atoms with Crippen LogP contribution in [0, 0.1) is 0 Å². The molecule has 0 saturated carbocycles. The molecule has 0 spiro atoms. The minimum atomic E-state index is -0.411. The Labute approximate surface area is 142 Å². The quantitative estimate of drug-likeness (QED) is 0.607. The minimum absolute atomic E-state index is 0.224. The summed E-state index contributed by atoms with van der Waals surface area (Å²) >= 11 is 9.26. The number of hydrogen-bond acceptors (Lipinski definition) is 3. The van der Waals surface area contributed by atoms with Crippen LogP contribution in [0.5, 0.6) is 0 Å². The average molecular weight is 381 g/mol. The number of anilines is 1. The van der Waals surface area contributed by atoms with E-state index >= 15 is 0 Å². The highest BCUT2D eigenvalue weighted by molar-refractivity contribution is 9.10. The number of carbonyl (C=O) groups is 1. The Morgan fingerprint density at radius 2 is 2.05 bits per heavy atom. The van der Waals surface area contributed by atoms with E-state index in [0.29, 0.717) is 5.02 Å². The zero-order chi connectivity index (χ0) is 15.9. The lowest BCUT2D eigenvalue weighted by atomic mass is 10.2. The molecular weight excluding hydrogens is 366 g/mol. The van der Waals surface area contributed by atoms with E-state index in [2.05, 4.69) is 31.8 Å². The molecule has 2 N–H and O–H groups in total. The van der Waals surface area contributed by atoms with Crippen molar-refractivity contribution in [2.75, 3.05) is 5.32 Å². The van der Waals surface area contributed by atoms with Crippen molar-refractivity contribution in [1.82, 2.24) is 5.43 Å². The van der Waals surface area contributed by atoms with Crippen molar-refractivity contribution in [3.8, 4) is 0 Å². The lowest BCUT2D eigenvalue weighted by Gasteiger charge is -2.13. The molecule has 2 aromatic carbocycles. The maximum Gasteiger partial charge on any atom is 0.262 e. The smallest absolute Gasteiger partial charge is 0.262 e. The van der Waals surface area contributed by atoms with Crippen LogP contribution in [0.2, 0.25) is 5.02 Å². The van der Waals surface area contributed by atoms with Gasteiger partial charge in [0.05, 0.1) is 6.21 Å². The molecule has 0 aliphatic heterocycles. The summed E-state index contributed by atoms with van der Waals surface area (Å²) in [6, 6.07) is 14.4. The van der Waals surface area contributed by atoms with Gasteiger partial charge in [0.15, 0.2) is 0 Å². The molecule has 2 aromatic rings. The van der Waals surface area contributed by atoms with E-state index in [0.717, 1.165) is 15.7 Å². The molecule has 0 aliphatic carbocycles. The normalized spacial score (nSPS) is 12.1. The number of carbonyl (C=O) groups excluding carboxylic acids is 1. The fourth-order valence-corrected chi connectivity index (χ4v) is 2.35. The van der Waals surface area contributed by atoms with Crippen LogP contribution in [-0.4, -0.2) is 18.2 Å². The first-order chi connectivity index (χ1) is 10.5. The third-order valence-electron chi connectivity index (χ3n) is 2.84. The predicted molar refractivity (Wildman–Crippen MR) is 94.4 cm³/mol. The fourth-order valence-electron chi connectivity index (χ4n) is 1.75.